The number of amidine groups is 1. The Hall–Kier alpha value is -1.24. The van der Waals surface area contributed by atoms with Crippen LogP contribution in [-0.4, -0.2) is 38.2 Å². The van der Waals surface area contributed by atoms with Crippen LogP contribution in [-0.2, 0) is 16.4 Å². The number of hydrogen-bond acceptors (Lipinski definition) is 4. The number of rotatable bonds is 3. The number of halogens is 2. The molecule has 0 fully saturated rings. The van der Waals surface area contributed by atoms with E-state index in [0.717, 1.165) is 24.4 Å². The maximum absolute atomic E-state index is 11.9. The van der Waals surface area contributed by atoms with Crippen molar-refractivity contribution in [3.8, 4) is 0 Å². The van der Waals surface area contributed by atoms with Crippen LogP contribution in [0, 0.1) is 0 Å². The average molecular weight is 348 g/mol. The van der Waals surface area contributed by atoms with Gasteiger partial charge in [0.15, 0.2) is 9.84 Å². The Morgan fingerprint density at radius 1 is 1.43 bits per heavy atom. The molecular weight excluding hydrogens is 333 g/mol. The fraction of sp³-hybridized carbons (Fsp3) is 0.308. The summed E-state index contributed by atoms with van der Waals surface area (Å²) >= 11 is 6.17. The molecule has 2 heterocycles. The van der Waals surface area contributed by atoms with Crippen molar-refractivity contribution in [1.29, 1.82) is 0 Å². The minimum absolute atomic E-state index is 0. The summed E-state index contributed by atoms with van der Waals surface area (Å²) in [6.45, 7) is 2.11. The highest BCUT2D eigenvalue weighted by Crippen LogP contribution is 2.31. The molecule has 0 saturated carbocycles. The average Bonchev–Trinajstić information content (AvgIpc) is 2.98. The van der Waals surface area contributed by atoms with Gasteiger partial charge in [-0.1, -0.05) is 17.7 Å². The zero-order valence-electron chi connectivity index (χ0n) is 11.3. The Morgan fingerprint density at radius 2 is 2.19 bits per heavy atom. The summed E-state index contributed by atoms with van der Waals surface area (Å²) in [6, 6.07) is 5.39. The highest BCUT2D eigenvalue weighted by Gasteiger charge is 2.20. The molecule has 8 heteroatoms. The van der Waals surface area contributed by atoms with Crippen molar-refractivity contribution >= 4 is 50.6 Å². The minimum atomic E-state index is -3.33. The molecule has 1 aromatic heterocycles. The van der Waals surface area contributed by atoms with Gasteiger partial charge in [-0.05, 0) is 12.1 Å². The van der Waals surface area contributed by atoms with Crippen molar-refractivity contribution < 1.29 is 8.42 Å². The van der Waals surface area contributed by atoms with Gasteiger partial charge in [-0.2, -0.15) is 0 Å². The lowest BCUT2D eigenvalue weighted by atomic mass is 10.2. The molecule has 1 aliphatic rings. The maximum atomic E-state index is 11.9. The third-order valence-electron chi connectivity index (χ3n) is 3.28. The third-order valence-corrected chi connectivity index (χ3v) is 4.71. The summed E-state index contributed by atoms with van der Waals surface area (Å²) in [5, 5.41) is 4.21. The van der Waals surface area contributed by atoms with E-state index in [1.807, 2.05) is 16.7 Å². The number of benzene rings is 1. The van der Waals surface area contributed by atoms with Gasteiger partial charge in [0.1, 0.15) is 5.84 Å². The van der Waals surface area contributed by atoms with E-state index in [2.05, 4.69) is 10.3 Å². The molecule has 0 bridgehead atoms. The molecule has 0 amide bonds. The standard InChI is InChI=1S/C13H14ClN3O2S.ClH/c1-20(18,19)11-7-17(8-12-15-5-6-16-12)10-4-2-3-9(14)13(10)11;/h2-4,7H,5-6,8H2,1H3,(H,15,16);1H. The molecule has 3 rings (SSSR count). The Kier molecular flexibility index (Phi) is 4.51. The van der Waals surface area contributed by atoms with Gasteiger partial charge in [0.05, 0.1) is 28.5 Å². The lowest BCUT2D eigenvalue weighted by molar-refractivity contribution is 0.602. The Balaban J connectivity index is 0.00000161. The predicted octanol–water partition coefficient (Wildman–Crippen LogP) is 2.12. The van der Waals surface area contributed by atoms with Crippen LogP contribution in [0.3, 0.4) is 0 Å². The molecule has 2 aromatic rings. The molecule has 0 unspecified atom stereocenters. The quantitative estimate of drug-likeness (QED) is 0.924. The van der Waals surface area contributed by atoms with Gasteiger partial charge < -0.3 is 9.88 Å². The van der Waals surface area contributed by atoms with E-state index in [9.17, 15) is 8.42 Å². The number of nitrogens with zero attached hydrogens (tertiary/aromatic N) is 2. The zero-order chi connectivity index (χ0) is 14.3. The summed E-state index contributed by atoms with van der Waals surface area (Å²) in [7, 11) is -3.33. The molecule has 0 atom stereocenters. The lowest BCUT2D eigenvalue weighted by Crippen LogP contribution is -2.23. The largest absolute Gasteiger partial charge is 0.370 e. The number of nitrogens with one attached hydrogen (secondary N) is 1. The maximum Gasteiger partial charge on any atom is 0.177 e. The molecule has 21 heavy (non-hydrogen) atoms. The minimum Gasteiger partial charge on any atom is -0.370 e. The van der Waals surface area contributed by atoms with E-state index in [-0.39, 0.29) is 17.3 Å². The second kappa shape index (κ2) is 5.87. The third kappa shape index (κ3) is 3.02. The number of aromatic nitrogens is 1. The number of fused-ring (bicyclic) bond motifs is 1. The highest BCUT2D eigenvalue weighted by atomic mass is 35.5. The van der Waals surface area contributed by atoms with E-state index in [1.165, 1.54) is 6.26 Å². The van der Waals surface area contributed by atoms with Crippen molar-refractivity contribution in [2.75, 3.05) is 19.3 Å². The topological polar surface area (TPSA) is 63.5 Å². The first-order valence-electron chi connectivity index (χ1n) is 6.21. The van der Waals surface area contributed by atoms with Crippen LogP contribution in [0.15, 0.2) is 34.3 Å². The zero-order valence-corrected chi connectivity index (χ0v) is 13.7. The molecule has 1 aliphatic heterocycles. The van der Waals surface area contributed by atoms with Gasteiger partial charge in [-0.25, -0.2) is 8.42 Å². The number of sulfone groups is 1. The van der Waals surface area contributed by atoms with Gasteiger partial charge in [0.25, 0.3) is 0 Å². The summed E-state index contributed by atoms with van der Waals surface area (Å²) in [6.07, 6.45) is 2.83. The van der Waals surface area contributed by atoms with Crippen LogP contribution in [0.4, 0.5) is 0 Å². The van der Waals surface area contributed by atoms with Crippen LogP contribution >= 0.6 is 24.0 Å². The molecule has 5 nitrogen and oxygen atoms in total. The van der Waals surface area contributed by atoms with Gasteiger partial charge in [0.2, 0.25) is 0 Å². The molecule has 0 radical (unpaired) electrons. The van der Waals surface area contributed by atoms with Crippen molar-refractivity contribution in [3.63, 3.8) is 0 Å². The van der Waals surface area contributed by atoms with Gasteiger partial charge in [0, 0.05) is 24.4 Å². The first kappa shape index (κ1) is 16.1. The van der Waals surface area contributed by atoms with Crippen LogP contribution in [0.25, 0.3) is 10.9 Å². The summed E-state index contributed by atoms with van der Waals surface area (Å²) in [5.74, 6) is 0.863. The van der Waals surface area contributed by atoms with Crippen LogP contribution in [0.2, 0.25) is 5.02 Å². The van der Waals surface area contributed by atoms with E-state index >= 15 is 0 Å². The van der Waals surface area contributed by atoms with Gasteiger partial charge in [-0.15, -0.1) is 12.4 Å². The fourth-order valence-corrected chi connectivity index (χ4v) is 3.63. The number of aliphatic imine (C=N–C) groups is 1. The fourth-order valence-electron chi connectivity index (χ4n) is 2.40. The van der Waals surface area contributed by atoms with E-state index < -0.39 is 9.84 Å². The molecule has 1 N–H and O–H groups in total. The van der Waals surface area contributed by atoms with Gasteiger partial charge in [-0.3, -0.25) is 4.99 Å². The monoisotopic (exact) mass is 347 g/mol. The van der Waals surface area contributed by atoms with Crippen molar-refractivity contribution in [3.05, 3.63) is 29.4 Å². The van der Waals surface area contributed by atoms with Crippen molar-refractivity contribution in [2.45, 2.75) is 11.4 Å². The molecule has 1 aromatic carbocycles. The van der Waals surface area contributed by atoms with Gasteiger partial charge >= 0.3 is 0 Å². The van der Waals surface area contributed by atoms with E-state index in [0.29, 0.717) is 17.0 Å². The van der Waals surface area contributed by atoms with Crippen LogP contribution in [0.5, 0.6) is 0 Å². The molecule has 0 saturated heterocycles. The second-order valence-corrected chi connectivity index (χ2v) is 7.17. The summed E-state index contributed by atoms with van der Waals surface area (Å²) < 4.78 is 25.7. The van der Waals surface area contributed by atoms with Crippen LogP contribution in [0.1, 0.15) is 0 Å². The Bertz CT molecular complexity index is 812. The molecular formula is C13H15Cl2N3O2S. The van der Waals surface area contributed by atoms with Crippen LogP contribution < -0.4 is 5.32 Å². The first-order valence-corrected chi connectivity index (χ1v) is 8.48. The molecule has 0 spiro atoms. The summed E-state index contributed by atoms with van der Waals surface area (Å²) in [5.41, 5.74) is 0.800. The SMILES string of the molecule is CS(=O)(=O)c1cn(CC2=NCCN2)c2cccc(Cl)c12.Cl. The van der Waals surface area contributed by atoms with Crippen molar-refractivity contribution in [2.24, 2.45) is 4.99 Å². The van der Waals surface area contributed by atoms with Crippen molar-refractivity contribution in [1.82, 2.24) is 9.88 Å². The van der Waals surface area contributed by atoms with E-state index in [1.54, 1.807) is 12.3 Å². The van der Waals surface area contributed by atoms with E-state index in [4.69, 9.17) is 11.6 Å². The lowest BCUT2D eigenvalue weighted by Gasteiger charge is -2.05. The second-order valence-electron chi connectivity index (χ2n) is 4.78. The Labute approximate surface area is 134 Å². The number of hydrogen-bond donors (Lipinski definition) is 1. The Morgan fingerprint density at radius 3 is 2.81 bits per heavy atom. The normalized spacial score (nSPS) is 14.7. The first-order chi connectivity index (χ1) is 9.47. The molecule has 0 aliphatic carbocycles. The predicted molar refractivity (Wildman–Crippen MR) is 87.6 cm³/mol. The smallest absolute Gasteiger partial charge is 0.177 e. The molecule has 114 valence electrons. The summed E-state index contributed by atoms with van der Waals surface area (Å²) in [4.78, 5) is 4.59. The highest BCUT2D eigenvalue weighted by molar-refractivity contribution is 7.91.